The van der Waals surface area contributed by atoms with Crippen LogP contribution in [-0.2, 0) is 21.1 Å². The topological polar surface area (TPSA) is 63.7 Å². The quantitative estimate of drug-likeness (QED) is 0.778. The molecule has 1 saturated heterocycles. The number of sulfone groups is 1. The van der Waals surface area contributed by atoms with Gasteiger partial charge in [-0.2, -0.15) is 0 Å². The third-order valence-electron chi connectivity index (χ3n) is 4.42. The minimum absolute atomic E-state index is 0.0826. The van der Waals surface area contributed by atoms with Crippen LogP contribution in [0.1, 0.15) is 5.56 Å². The summed E-state index contributed by atoms with van der Waals surface area (Å²) in [6.45, 7) is 0.165. The van der Waals surface area contributed by atoms with Gasteiger partial charge < -0.3 is 9.64 Å². The number of benzene rings is 2. The first kappa shape index (κ1) is 18.7. The van der Waals surface area contributed by atoms with Gasteiger partial charge in [0.25, 0.3) is 0 Å². The number of rotatable bonds is 5. The number of likely N-dealkylation sites (tertiary alicyclic amines) is 1. The molecule has 1 heterocycles. The predicted octanol–water partition coefficient (Wildman–Crippen LogP) is 2.71. The fourth-order valence-corrected chi connectivity index (χ4v) is 4.64. The number of halogens is 2. The molecule has 0 radical (unpaired) electrons. The molecule has 1 amide bonds. The molecule has 0 saturated carbocycles. The van der Waals surface area contributed by atoms with Crippen LogP contribution in [0.3, 0.4) is 0 Å². The first-order valence-electron chi connectivity index (χ1n) is 7.91. The number of hydrogen-bond donors (Lipinski definition) is 0. The van der Waals surface area contributed by atoms with E-state index >= 15 is 0 Å². The zero-order valence-electron chi connectivity index (χ0n) is 14.0. The summed E-state index contributed by atoms with van der Waals surface area (Å²) in [5, 5.41) is -0.489. The summed E-state index contributed by atoms with van der Waals surface area (Å²) >= 11 is 5.93. The Bertz CT molecular complexity index is 904. The Kier molecular flexibility index (Phi) is 5.20. The zero-order valence-corrected chi connectivity index (χ0v) is 15.6. The molecule has 8 heteroatoms. The van der Waals surface area contributed by atoms with Crippen LogP contribution in [0.25, 0.3) is 0 Å². The zero-order chi connectivity index (χ0) is 18.9. The van der Waals surface area contributed by atoms with Gasteiger partial charge in [0.2, 0.25) is 5.91 Å². The minimum Gasteiger partial charge on any atom is -0.497 e. The van der Waals surface area contributed by atoms with E-state index in [1.807, 2.05) is 0 Å². The average Bonchev–Trinajstić information content (AvgIpc) is 2.57. The molecule has 26 heavy (non-hydrogen) atoms. The van der Waals surface area contributed by atoms with E-state index < -0.39 is 20.9 Å². The van der Waals surface area contributed by atoms with E-state index in [0.29, 0.717) is 5.75 Å². The predicted molar refractivity (Wildman–Crippen MR) is 95.7 cm³/mol. The molecule has 1 aliphatic rings. The molecule has 0 aromatic heterocycles. The van der Waals surface area contributed by atoms with Crippen LogP contribution in [0.4, 0.5) is 4.39 Å². The van der Waals surface area contributed by atoms with Gasteiger partial charge in [-0.05, 0) is 36.4 Å². The SMILES string of the molecule is COc1ccc(S(=O)(=O)C2CN(C(=O)Cc3c(F)cccc3Cl)C2)cc1. The van der Waals surface area contributed by atoms with Crippen LogP contribution in [-0.4, -0.2) is 44.7 Å². The van der Waals surface area contributed by atoms with Crippen LogP contribution in [0.2, 0.25) is 5.02 Å². The molecule has 3 rings (SSSR count). The molecule has 0 unspecified atom stereocenters. The number of carbonyl (C=O) groups excluding carboxylic acids is 1. The van der Waals surface area contributed by atoms with E-state index in [0.717, 1.165) is 0 Å². The maximum atomic E-state index is 13.8. The van der Waals surface area contributed by atoms with Crippen LogP contribution in [0, 0.1) is 5.82 Å². The van der Waals surface area contributed by atoms with Gasteiger partial charge in [-0.15, -0.1) is 0 Å². The highest BCUT2D eigenvalue weighted by Gasteiger charge is 2.40. The number of methoxy groups -OCH3 is 1. The third-order valence-corrected chi connectivity index (χ3v) is 6.88. The van der Waals surface area contributed by atoms with Crippen molar-refractivity contribution in [2.24, 2.45) is 0 Å². The Morgan fingerprint density at radius 1 is 1.23 bits per heavy atom. The second-order valence-electron chi connectivity index (χ2n) is 6.02. The Hall–Kier alpha value is -2.12. The summed E-state index contributed by atoms with van der Waals surface area (Å²) in [6.07, 6.45) is -0.194. The van der Waals surface area contributed by atoms with Crippen LogP contribution < -0.4 is 4.74 Å². The van der Waals surface area contributed by atoms with Crippen molar-refractivity contribution in [2.45, 2.75) is 16.6 Å². The van der Waals surface area contributed by atoms with E-state index in [2.05, 4.69) is 0 Å². The molecule has 0 aliphatic carbocycles. The van der Waals surface area contributed by atoms with Crippen molar-refractivity contribution < 1.29 is 22.3 Å². The van der Waals surface area contributed by atoms with Gasteiger partial charge in [0, 0.05) is 23.7 Å². The Labute approximate surface area is 156 Å². The average molecular weight is 398 g/mol. The van der Waals surface area contributed by atoms with Crippen LogP contribution in [0.15, 0.2) is 47.4 Å². The van der Waals surface area contributed by atoms with E-state index in [1.165, 1.54) is 42.3 Å². The van der Waals surface area contributed by atoms with Gasteiger partial charge in [0.05, 0.1) is 18.4 Å². The summed E-state index contributed by atoms with van der Waals surface area (Å²) in [5.41, 5.74) is 0.126. The van der Waals surface area contributed by atoms with Gasteiger partial charge >= 0.3 is 0 Å². The van der Waals surface area contributed by atoms with Crippen molar-refractivity contribution in [3.05, 3.63) is 58.9 Å². The normalized spacial score (nSPS) is 14.8. The van der Waals surface area contributed by atoms with Crippen molar-refractivity contribution in [3.63, 3.8) is 0 Å². The van der Waals surface area contributed by atoms with Gasteiger partial charge in [-0.1, -0.05) is 17.7 Å². The lowest BCUT2D eigenvalue weighted by Gasteiger charge is -2.38. The van der Waals surface area contributed by atoms with Crippen molar-refractivity contribution in [1.29, 1.82) is 0 Å². The Balaban J connectivity index is 1.65. The van der Waals surface area contributed by atoms with E-state index in [1.54, 1.807) is 12.1 Å². The van der Waals surface area contributed by atoms with E-state index in [4.69, 9.17) is 16.3 Å². The van der Waals surface area contributed by atoms with Crippen LogP contribution in [0.5, 0.6) is 5.75 Å². The second-order valence-corrected chi connectivity index (χ2v) is 8.65. The van der Waals surface area contributed by atoms with Crippen molar-refractivity contribution >= 4 is 27.3 Å². The van der Waals surface area contributed by atoms with Gasteiger partial charge in [0.1, 0.15) is 16.8 Å². The first-order valence-corrected chi connectivity index (χ1v) is 9.84. The highest BCUT2D eigenvalue weighted by Crippen LogP contribution is 2.27. The van der Waals surface area contributed by atoms with Gasteiger partial charge in [-0.25, -0.2) is 12.8 Å². The Morgan fingerprint density at radius 2 is 1.88 bits per heavy atom. The highest BCUT2D eigenvalue weighted by atomic mass is 35.5. The van der Waals surface area contributed by atoms with Crippen molar-refractivity contribution in [2.75, 3.05) is 20.2 Å². The lowest BCUT2D eigenvalue weighted by atomic mass is 10.1. The van der Waals surface area contributed by atoms with Crippen molar-refractivity contribution in [3.8, 4) is 5.75 Å². The maximum Gasteiger partial charge on any atom is 0.227 e. The largest absolute Gasteiger partial charge is 0.497 e. The van der Waals surface area contributed by atoms with E-state index in [-0.39, 0.29) is 40.9 Å². The molecule has 0 spiro atoms. The highest BCUT2D eigenvalue weighted by molar-refractivity contribution is 7.92. The summed E-state index contributed by atoms with van der Waals surface area (Å²) < 4.78 is 44.0. The number of nitrogens with zero attached hydrogens (tertiary/aromatic N) is 1. The molecule has 0 N–H and O–H groups in total. The number of hydrogen-bond acceptors (Lipinski definition) is 4. The van der Waals surface area contributed by atoms with Crippen molar-refractivity contribution in [1.82, 2.24) is 4.90 Å². The molecule has 138 valence electrons. The number of amides is 1. The molecular weight excluding hydrogens is 381 g/mol. The third kappa shape index (κ3) is 3.54. The fraction of sp³-hybridized carbons (Fsp3) is 0.278. The molecule has 2 aromatic carbocycles. The summed E-state index contributed by atoms with van der Waals surface area (Å²) in [7, 11) is -2.03. The molecule has 1 aliphatic heterocycles. The maximum absolute atomic E-state index is 13.8. The molecule has 5 nitrogen and oxygen atoms in total. The standard InChI is InChI=1S/C18H17ClFNO4S/c1-25-12-5-7-13(8-6-12)26(23,24)14-10-21(11-14)18(22)9-15-16(19)3-2-4-17(15)20/h2-8,14H,9-11H2,1H3. The lowest BCUT2D eigenvalue weighted by molar-refractivity contribution is -0.133. The number of carbonyl (C=O) groups is 1. The summed E-state index contributed by atoms with van der Waals surface area (Å²) in [6, 6.07) is 10.3. The summed E-state index contributed by atoms with van der Waals surface area (Å²) in [5.74, 6) is -0.330. The smallest absolute Gasteiger partial charge is 0.227 e. The molecule has 0 atom stereocenters. The number of ether oxygens (including phenoxy) is 1. The molecule has 2 aromatic rings. The molecule has 0 bridgehead atoms. The van der Waals surface area contributed by atoms with E-state index in [9.17, 15) is 17.6 Å². The molecular formula is C18H17ClFNO4S. The fourth-order valence-electron chi connectivity index (χ4n) is 2.76. The summed E-state index contributed by atoms with van der Waals surface area (Å²) in [4.78, 5) is 13.9. The minimum atomic E-state index is -3.53. The van der Waals surface area contributed by atoms with Crippen LogP contribution >= 0.6 is 11.6 Å². The molecule has 1 fully saturated rings. The van der Waals surface area contributed by atoms with Gasteiger partial charge in [0.15, 0.2) is 9.84 Å². The monoisotopic (exact) mass is 397 g/mol. The Morgan fingerprint density at radius 3 is 2.46 bits per heavy atom. The second kappa shape index (κ2) is 7.25. The first-order chi connectivity index (χ1) is 12.3. The van der Waals surface area contributed by atoms with Gasteiger partial charge in [-0.3, -0.25) is 4.79 Å². The lowest BCUT2D eigenvalue weighted by Crippen LogP contribution is -2.57.